The third-order valence-corrected chi connectivity index (χ3v) is 2.88. The summed E-state index contributed by atoms with van der Waals surface area (Å²) in [5.74, 6) is 1.40. The van der Waals surface area contributed by atoms with E-state index < -0.39 is 0 Å². The quantitative estimate of drug-likeness (QED) is 0.765. The highest BCUT2D eigenvalue weighted by Gasteiger charge is 2.08. The SMILES string of the molecule is CC(C)CNCC(C)CN(C)Cc1cnn(C)c1. The Kier molecular flexibility index (Phi) is 6.36. The molecule has 4 heteroatoms. The molecule has 1 rings (SSSR count). The van der Waals surface area contributed by atoms with Crippen molar-refractivity contribution in [1.29, 1.82) is 0 Å². The fraction of sp³-hybridized carbons (Fsp3) is 0.786. The fourth-order valence-corrected chi connectivity index (χ4v) is 2.14. The second kappa shape index (κ2) is 7.54. The Morgan fingerprint density at radius 1 is 1.33 bits per heavy atom. The summed E-state index contributed by atoms with van der Waals surface area (Å²) in [6.07, 6.45) is 4.02. The minimum absolute atomic E-state index is 0.672. The molecule has 18 heavy (non-hydrogen) atoms. The minimum Gasteiger partial charge on any atom is -0.316 e. The largest absolute Gasteiger partial charge is 0.316 e. The Balaban J connectivity index is 2.20. The van der Waals surface area contributed by atoms with E-state index in [-0.39, 0.29) is 0 Å². The van der Waals surface area contributed by atoms with Crippen molar-refractivity contribution in [3.63, 3.8) is 0 Å². The minimum atomic E-state index is 0.672. The van der Waals surface area contributed by atoms with Crippen molar-refractivity contribution in [3.05, 3.63) is 18.0 Å². The van der Waals surface area contributed by atoms with Crippen molar-refractivity contribution in [2.45, 2.75) is 27.3 Å². The zero-order chi connectivity index (χ0) is 13.5. The lowest BCUT2D eigenvalue weighted by Gasteiger charge is -2.21. The van der Waals surface area contributed by atoms with Gasteiger partial charge in [0.2, 0.25) is 0 Å². The summed E-state index contributed by atoms with van der Waals surface area (Å²) in [6, 6.07) is 0. The van der Waals surface area contributed by atoms with E-state index in [0.717, 1.165) is 32.1 Å². The van der Waals surface area contributed by atoms with Crippen LogP contribution in [0.3, 0.4) is 0 Å². The molecule has 0 spiro atoms. The van der Waals surface area contributed by atoms with Gasteiger partial charge in [0.25, 0.3) is 0 Å². The van der Waals surface area contributed by atoms with Crippen molar-refractivity contribution < 1.29 is 0 Å². The molecular weight excluding hydrogens is 224 g/mol. The Morgan fingerprint density at radius 2 is 2.06 bits per heavy atom. The summed E-state index contributed by atoms with van der Waals surface area (Å²) in [4.78, 5) is 2.36. The molecule has 0 bridgehead atoms. The van der Waals surface area contributed by atoms with Gasteiger partial charge in [0.05, 0.1) is 6.20 Å². The lowest BCUT2D eigenvalue weighted by Crippen LogP contribution is -2.32. The maximum absolute atomic E-state index is 4.20. The van der Waals surface area contributed by atoms with E-state index in [1.54, 1.807) is 0 Å². The number of rotatable bonds is 8. The highest BCUT2D eigenvalue weighted by Crippen LogP contribution is 2.04. The van der Waals surface area contributed by atoms with Gasteiger partial charge in [-0.1, -0.05) is 20.8 Å². The van der Waals surface area contributed by atoms with Crippen LogP contribution in [-0.2, 0) is 13.6 Å². The van der Waals surface area contributed by atoms with Crippen LogP contribution in [0.4, 0.5) is 0 Å². The molecule has 1 unspecified atom stereocenters. The molecule has 4 nitrogen and oxygen atoms in total. The molecule has 1 aromatic rings. The van der Waals surface area contributed by atoms with Crippen molar-refractivity contribution in [3.8, 4) is 0 Å². The van der Waals surface area contributed by atoms with Gasteiger partial charge in [-0.15, -0.1) is 0 Å². The molecule has 1 heterocycles. The van der Waals surface area contributed by atoms with Crippen molar-refractivity contribution in [2.24, 2.45) is 18.9 Å². The number of aromatic nitrogens is 2. The zero-order valence-corrected chi connectivity index (χ0v) is 12.5. The van der Waals surface area contributed by atoms with E-state index in [1.807, 2.05) is 17.9 Å². The van der Waals surface area contributed by atoms with Gasteiger partial charge in [-0.3, -0.25) is 4.68 Å². The van der Waals surface area contributed by atoms with Gasteiger partial charge in [-0.25, -0.2) is 0 Å². The van der Waals surface area contributed by atoms with Crippen molar-refractivity contribution in [1.82, 2.24) is 20.0 Å². The topological polar surface area (TPSA) is 33.1 Å². The van der Waals surface area contributed by atoms with E-state index in [0.29, 0.717) is 5.92 Å². The number of nitrogens with one attached hydrogen (secondary N) is 1. The van der Waals surface area contributed by atoms with E-state index >= 15 is 0 Å². The predicted molar refractivity (Wildman–Crippen MR) is 76.4 cm³/mol. The van der Waals surface area contributed by atoms with Crippen LogP contribution in [0.15, 0.2) is 12.4 Å². The standard InChI is InChI=1S/C14H28N4/c1-12(2)6-15-7-13(3)9-17(4)10-14-8-16-18(5)11-14/h8,11-13,15H,6-7,9-10H2,1-5H3. The molecule has 104 valence electrons. The normalized spacial score (nSPS) is 13.5. The summed E-state index contributed by atoms with van der Waals surface area (Å²) in [6.45, 7) is 11.1. The molecular formula is C14H28N4. The van der Waals surface area contributed by atoms with Crippen LogP contribution in [0.5, 0.6) is 0 Å². The maximum Gasteiger partial charge on any atom is 0.0534 e. The molecule has 0 amide bonds. The Labute approximate surface area is 111 Å². The molecule has 1 N–H and O–H groups in total. The molecule has 0 saturated heterocycles. The monoisotopic (exact) mass is 252 g/mol. The lowest BCUT2D eigenvalue weighted by atomic mass is 10.1. The highest BCUT2D eigenvalue weighted by molar-refractivity contribution is 5.02. The fourth-order valence-electron chi connectivity index (χ4n) is 2.14. The third kappa shape index (κ3) is 6.17. The molecule has 1 atom stereocenters. The second-order valence-corrected chi connectivity index (χ2v) is 5.88. The molecule has 0 saturated carbocycles. The summed E-state index contributed by atoms with van der Waals surface area (Å²) in [5, 5.41) is 7.71. The molecule has 0 aliphatic carbocycles. The second-order valence-electron chi connectivity index (χ2n) is 5.88. The molecule has 1 aromatic heterocycles. The van der Waals surface area contributed by atoms with Crippen LogP contribution < -0.4 is 5.32 Å². The van der Waals surface area contributed by atoms with E-state index in [9.17, 15) is 0 Å². The summed E-state index contributed by atoms with van der Waals surface area (Å²) in [7, 11) is 4.13. The lowest BCUT2D eigenvalue weighted by molar-refractivity contribution is 0.272. The van der Waals surface area contributed by atoms with Crippen LogP contribution >= 0.6 is 0 Å². The Morgan fingerprint density at radius 3 is 2.61 bits per heavy atom. The van der Waals surface area contributed by atoms with Crippen molar-refractivity contribution >= 4 is 0 Å². The van der Waals surface area contributed by atoms with E-state index in [1.165, 1.54) is 5.56 Å². The first kappa shape index (κ1) is 15.2. The molecule has 0 radical (unpaired) electrons. The van der Waals surface area contributed by atoms with Gasteiger partial charge in [0, 0.05) is 31.9 Å². The van der Waals surface area contributed by atoms with Gasteiger partial charge in [0.1, 0.15) is 0 Å². The first-order valence-corrected chi connectivity index (χ1v) is 6.84. The average molecular weight is 252 g/mol. The molecule has 0 aliphatic heterocycles. The zero-order valence-electron chi connectivity index (χ0n) is 12.5. The van der Waals surface area contributed by atoms with Gasteiger partial charge >= 0.3 is 0 Å². The van der Waals surface area contributed by atoms with E-state index in [2.05, 4.69) is 49.3 Å². The van der Waals surface area contributed by atoms with Gasteiger partial charge in [0.15, 0.2) is 0 Å². The van der Waals surface area contributed by atoms with E-state index in [4.69, 9.17) is 0 Å². The van der Waals surface area contributed by atoms with Gasteiger partial charge in [-0.05, 0) is 32.0 Å². The van der Waals surface area contributed by atoms with Crippen LogP contribution in [0.25, 0.3) is 0 Å². The van der Waals surface area contributed by atoms with Crippen LogP contribution in [-0.4, -0.2) is 41.4 Å². The molecule has 0 aliphatic rings. The first-order valence-electron chi connectivity index (χ1n) is 6.84. The highest BCUT2D eigenvalue weighted by atomic mass is 15.2. The number of nitrogens with zero attached hydrogens (tertiary/aromatic N) is 3. The smallest absolute Gasteiger partial charge is 0.0534 e. The van der Waals surface area contributed by atoms with Gasteiger partial charge in [-0.2, -0.15) is 5.10 Å². The van der Waals surface area contributed by atoms with Crippen LogP contribution in [0.2, 0.25) is 0 Å². The number of hydrogen-bond acceptors (Lipinski definition) is 3. The third-order valence-electron chi connectivity index (χ3n) is 2.88. The number of hydrogen-bond donors (Lipinski definition) is 1. The van der Waals surface area contributed by atoms with Gasteiger partial charge < -0.3 is 10.2 Å². The average Bonchev–Trinajstić information content (AvgIpc) is 2.62. The number of aryl methyl sites for hydroxylation is 1. The Bertz CT molecular complexity index is 332. The molecule has 0 fully saturated rings. The summed E-state index contributed by atoms with van der Waals surface area (Å²) in [5.41, 5.74) is 1.28. The van der Waals surface area contributed by atoms with Crippen LogP contribution in [0, 0.1) is 11.8 Å². The molecule has 0 aromatic carbocycles. The van der Waals surface area contributed by atoms with Crippen LogP contribution in [0.1, 0.15) is 26.3 Å². The maximum atomic E-state index is 4.20. The Hall–Kier alpha value is -0.870. The summed E-state index contributed by atoms with van der Waals surface area (Å²) >= 11 is 0. The summed E-state index contributed by atoms with van der Waals surface area (Å²) < 4.78 is 1.86. The van der Waals surface area contributed by atoms with Crippen molar-refractivity contribution in [2.75, 3.05) is 26.7 Å². The first-order chi connectivity index (χ1) is 8.47. The predicted octanol–water partition coefficient (Wildman–Crippen LogP) is 1.73.